The Kier molecular flexibility index (Phi) is 3.59. The summed E-state index contributed by atoms with van der Waals surface area (Å²) >= 11 is 0. The van der Waals surface area contributed by atoms with Crippen molar-refractivity contribution in [3.05, 3.63) is 0 Å². The van der Waals surface area contributed by atoms with Gasteiger partial charge in [-0.25, -0.2) is 0 Å². The number of hydrogen-bond acceptors (Lipinski definition) is 6. The molecule has 0 spiro atoms. The first-order valence-electron chi connectivity index (χ1n) is 4.00. The number of rotatable bonds is 2. The molecule has 0 atom stereocenters. The highest BCUT2D eigenvalue weighted by atomic mass is 14.5. The van der Waals surface area contributed by atoms with Crippen LogP contribution in [-0.2, 0) is 0 Å². The molecular formula is C10H4N6. The van der Waals surface area contributed by atoms with Crippen molar-refractivity contribution in [1.29, 1.82) is 31.6 Å². The molecule has 0 aromatic rings. The minimum atomic E-state index is -2.18. The molecule has 0 rings (SSSR count). The van der Waals surface area contributed by atoms with Gasteiger partial charge >= 0.3 is 0 Å². The molecule has 74 valence electrons. The third-order valence-electron chi connectivity index (χ3n) is 2.36. The highest BCUT2D eigenvalue weighted by Crippen LogP contribution is 2.38. The third-order valence-corrected chi connectivity index (χ3v) is 2.36. The number of nitriles is 6. The lowest BCUT2D eigenvalue weighted by Gasteiger charge is -2.24. The van der Waals surface area contributed by atoms with Crippen LogP contribution in [0.25, 0.3) is 0 Å². The first kappa shape index (κ1) is 12.9. The first-order chi connectivity index (χ1) is 7.52. The van der Waals surface area contributed by atoms with E-state index >= 15 is 0 Å². The molecule has 0 saturated heterocycles. The lowest BCUT2D eigenvalue weighted by Crippen LogP contribution is -2.36. The fourth-order valence-corrected chi connectivity index (χ4v) is 1.06. The summed E-state index contributed by atoms with van der Waals surface area (Å²) in [6.45, 7) is 1.19. The second-order valence-electron chi connectivity index (χ2n) is 3.01. The van der Waals surface area contributed by atoms with E-state index in [0.717, 1.165) is 0 Å². The van der Waals surface area contributed by atoms with Crippen molar-refractivity contribution in [3.8, 4) is 36.4 Å². The van der Waals surface area contributed by atoms with Crippen molar-refractivity contribution in [2.45, 2.75) is 6.92 Å². The van der Waals surface area contributed by atoms with E-state index in [0.29, 0.717) is 0 Å². The zero-order valence-corrected chi connectivity index (χ0v) is 8.26. The van der Waals surface area contributed by atoms with Gasteiger partial charge in [-0.15, -0.1) is 0 Å². The fourth-order valence-electron chi connectivity index (χ4n) is 1.06. The Morgan fingerprint density at radius 2 is 0.812 bits per heavy atom. The molecule has 0 amide bonds. The van der Waals surface area contributed by atoms with Crippen LogP contribution in [0.1, 0.15) is 6.92 Å². The predicted molar refractivity (Wildman–Crippen MR) is 47.7 cm³/mol. The number of nitrogens with zero attached hydrogens (tertiary/aromatic N) is 6. The molecule has 0 fully saturated rings. The molecule has 0 aliphatic heterocycles. The van der Waals surface area contributed by atoms with Crippen molar-refractivity contribution in [1.82, 2.24) is 0 Å². The molecule has 16 heavy (non-hydrogen) atoms. The Morgan fingerprint density at radius 3 is 0.938 bits per heavy atom. The summed E-state index contributed by atoms with van der Waals surface area (Å²) in [5.74, 6) is -1.32. The van der Waals surface area contributed by atoms with Crippen molar-refractivity contribution in [2.24, 2.45) is 16.7 Å². The maximum absolute atomic E-state index is 8.77. The molecule has 0 aromatic heterocycles. The van der Waals surface area contributed by atoms with Crippen LogP contribution < -0.4 is 0 Å². The molecule has 0 aromatic carbocycles. The van der Waals surface area contributed by atoms with Gasteiger partial charge in [-0.2, -0.15) is 31.6 Å². The van der Waals surface area contributed by atoms with E-state index in [2.05, 4.69) is 0 Å². The molecule has 6 heteroatoms. The molecule has 0 aliphatic rings. The van der Waals surface area contributed by atoms with Gasteiger partial charge < -0.3 is 0 Å². The third kappa shape index (κ3) is 1.49. The molecule has 0 aliphatic carbocycles. The predicted octanol–water partition coefficient (Wildman–Crippen LogP) is 0.737. The molecule has 6 nitrogen and oxygen atoms in total. The van der Waals surface area contributed by atoms with Gasteiger partial charge in [0.1, 0.15) is 36.4 Å². The average molecular weight is 208 g/mol. The Morgan fingerprint density at radius 1 is 0.625 bits per heavy atom. The highest BCUT2D eigenvalue weighted by molar-refractivity contribution is 5.38. The lowest BCUT2D eigenvalue weighted by atomic mass is 9.66. The van der Waals surface area contributed by atoms with E-state index in [1.807, 2.05) is 0 Å². The van der Waals surface area contributed by atoms with Gasteiger partial charge in [0.05, 0.1) is 0 Å². The Bertz CT molecular complexity index is 411. The Balaban J connectivity index is 5.88. The Hall–Kier alpha value is -3.06. The lowest BCUT2D eigenvalue weighted by molar-refractivity contribution is 0.323. The molecule has 0 radical (unpaired) electrons. The summed E-state index contributed by atoms with van der Waals surface area (Å²) in [5.41, 5.74) is -4.36. The second kappa shape index (κ2) is 4.44. The fraction of sp³-hybridized carbons (Fsp3) is 0.400. The van der Waals surface area contributed by atoms with Crippen LogP contribution in [0.2, 0.25) is 0 Å². The second-order valence-corrected chi connectivity index (χ2v) is 3.01. The van der Waals surface area contributed by atoms with Crippen LogP contribution in [0.15, 0.2) is 0 Å². The largest absolute Gasteiger partial charge is 0.234 e. The minimum absolute atomic E-state index is 1.19. The molecule has 0 heterocycles. The van der Waals surface area contributed by atoms with E-state index in [9.17, 15) is 0 Å². The van der Waals surface area contributed by atoms with Gasteiger partial charge in [0, 0.05) is 5.92 Å². The maximum atomic E-state index is 8.77. The van der Waals surface area contributed by atoms with Gasteiger partial charge in [0.2, 0.25) is 10.8 Å². The zero-order chi connectivity index (χ0) is 12.8. The quantitative estimate of drug-likeness (QED) is 0.654. The van der Waals surface area contributed by atoms with Gasteiger partial charge in [-0.3, -0.25) is 0 Å². The summed E-state index contributed by atoms with van der Waals surface area (Å²) < 4.78 is 0. The zero-order valence-electron chi connectivity index (χ0n) is 8.26. The average Bonchev–Trinajstić information content (AvgIpc) is 2.35. The van der Waals surface area contributed by atoms with Crippen LogP contribution in [-0.4, -0.2) is 0 Å². The first-order valence-corrected chi connectivity index (χ1v) is 4.00. The summed E-state index contributed by atoms with van der Waals surface area (Å²) in [5, 5.41) is 52.6. The van der Waals surface area contributed by atoms with Crippen molar-refractivity contribution in [3.63, 3.8) is 0 Å². The standard InChI is InChI=1S/C10H4N6/c1-8(9(2-11,3-12)4-13)10(5-14,6-15)7-16/h8H,1H3. The monoisotopic (exact) mass is 208 g/mol. The summed E-state index contributed by atoms with van der Waals surface area (Å²) in [6, 6.07) is 8.68. The molecule has 0 saturated carbocycles. The van der Waals surface area contributed by atoms with Crippen molar-refractivity contribution < 1.29 is 0 Å². The van der Waals surface area contributed by atoms with Crippen LogP contribution in [0.5, 0.6) is 0 Å². The molecule has 0 bridgehead atoms. The SMILES string of the molecule is CC(C(C#N)(C#N)C#N)C(C#N)(C#N)C#N. The van der Waals surface area contributed by atoms with Crippen LogP contribution in [0.4, 0.5) is 0 Å². The van der Waals surface area contributed by atoms with Crippen molar-refractivity contribution in [2.75, 3.05) is 0 Å². The van der Waals surface area contributed by atoms with Gasteiger partial charge in [-0.1, -0.05) is 6.92 Å². The highest BCUT2D eigenvalue weighted by Gasteiger charge is 2.52. The summed E-state index contributed by atoms with van der Waals surface area (Å²) in [6.07, 6.45) is 0. The summed E-state index contributed by atoms with van der Waals surface area (Å²) in [4.78, 5) is 0. The van der Waals surface area contributed by atoms with Gasteiger partial charge in [0.15, 0.2) is 0 Å². The normalized spacial score (nSPS) is 9.75. The number of hydrogen-bond donors (Lipinski definition) is 0. The topological polar surface area (TPSA) is 143 Å². The van der Waals surface area contributed by atoms with Crippen molar-refractivity contribution >= 4 is 0 Å². The molecule has 0 N–H and O–H groups in total. The molecular weight excluding hydrogens is 204 g/mol. The smallest absolute Gasteiger partial charge is 0.195 e. The van der Waals surface area contributed by atoms with Gasteiger partial charge in [0.25, 0.3) is 0 Å². The van der Waals surface area contributed by atoms with E-state index in [1.54, 1.807) is 0 Å². The van der Waals surface area contributed by atoms with Crippen LogP contribution in [0, 0.1) is 84.7 Å². The molecule has 0 unspecified atom stereocenters. The minimum Gasteiger partial charge on any atom is -0.195 e. The van der Waals surface area contributed by atoms with E-state index in [-0.39, 0.29) is 0 Å². The maximum Gasteiger partial charge on any atom is 0.234 e. The van der Waals surface area contributed by atoms with Crippen LogP contribution >= 0.6 is 0 Å². The van der Waals surface area contributed by atoms with Crippen LogP contribution in [0.3, 0.4) is 0 Å². The summed E-state index contributed by atoms with van der Waals surface area (Å²) in [7, 11) is 0. The van der Waals surface area contributed by atoms with E-state index in [1.165, 1.54) is 43.3 Å². The van der Waals surface area contributed by atoms with Gasteiger partial charge in [-0.05, 0) is 0 Å². The Labute approximate surface area is 92.4 Å². The van der Waals surface area contributed by atoms with E-state index in [4.69, 9.17) is 31.6 Å². The van der Waals surface area contributed by atoms with E-state index < -0.39 is 16.7 Å².